The van der Waals surface area contributed by atoms with Crippen LogP contribution in [0.5, 0.6) is 0 Å². The second kappa shape index (κ2) is 8.36. The molecule has 8 heteroatoms. The van der Waals surface area contributed by atoms with Crippen molar-refractivity contribution in [1.29, 1.82) is 0 Å². The van der Waals surface area contributed by atoms with Gasteiger partial charge in [0.05, 0.1) is 17.0 Å². The molecule has 2 aliphatic rings. The van der Waals surface area contributed by atoms with E-state index in [9.17, 15) is 19.2 Å². The van der Waals surface area contributed by atoms with Gasteiger partial charge in [0.1, 0.15) is 6.61 Å². The van der Waals surface area contributed by atoms with Crippen LogP contribution in [0.4, 0.5) is 4.79 Å². The predicted molar refractivity (Wildman–Crippen MR) is 104 cm³/mol. The summed E-state index contributed by atoms with van der Waals surface area (Å²) in [5.74, 6) is -2.45. The van der Waals surface area contributed by atoms with Crippen LogP contribution >= 0.6 is 0 Å². The van der Waals surface area contributed by atoms with E-state index in [-0.39, 0.29) is 17.7 Å². The van der Waals surface area contributed by atoms with Gasteiger partial charge >= 0.3 is 12.1 Å². The zero-order valence-corrected chi connectivity index (χ0v) is 16.2. The molecular formula is C22H20N2O6. The Hall–Kier alpha value is -3.68. The average molecular weight is 408 g/mol. The van der Waals surface area contributed by atoms with Gasteiger partial charge in [-0.25, -0.2) is 9.59 Å². The summed E-state index contributed by atoms with van der Waals surface area (Å²) >= 11 is 0. The SMILES string of the molecule is O=C(ON1C(=O)c2ccccc2C1=O)C1CCN(C(=O)OCc2ccccc2)CC1. The van der Waals surface area contributed by atoms with Crippen molar-refractivity contribution in [3.05, 3.63) is 71.3 Å². The summed E-state index contributed by atoms with van der Waals surface area (Å²) in [7, 11) is 0. The third kappa shape index (κ3) is 3.89. The number of hydroxylamine groups is 2. The van der Waals surface area contributed by atoms with Gasteiger partial charge in [-0.3, -0.25) is 9.59 Å². The van der Waals surface area contributed by atoms with Gasteiger partial charge < -0.3 is 14.5 Å². The van der Waals surface area contributed by atoms with Crippen LogP contribution in [0.1, 0.15) is 39.1 Å². The molecule has 0 aliphatic carbocycles. The second-order valence-corrected chi connectivity index (χ2v) is 7.16. The minimum atomic E-state index is -0.651. The maximum absolute atomic E-state index is 12.5. The summed E-state index contributed by atoms with van der Waals surface area (Å²) in [6, 6.07) is 15.7. The summed E-state index contributed by atoms with van der Waals surface area (Å²) in [5, 5.41) is 0.521. The van der Waals surface area contributed by atoms with E-state index in [0.717, 1.165) is 5.56 Å². The molecule has 0 saturated carbocycles. The molecule has 0 atom stereocenters. The Labute approximate surface area is 172 Å². The van der Waals surface area contributed by atoms with Crippen molar-refractivity contribution in [1.82, 2.24) is 9.96 Å². The molecule has 0 N–H and O–H groups in total. The molecule has 0 aromatic heterocycles. The van der Waals surface area contributed by atoms with E-state index in [0.29, 0.717) is 31.0 Å². The number of imide groups is 1. The van der Waals surface area contributed by atoms with E-state index in [1.54, 1.807) is 12.1 Å². The Balaban J connectivity index is 1.27. The fourth-order valence-corrected chi connectivity index (χ4v) is 3.52. The first-order chi connectivity index (χ1) is 14.5. The lowest BCUT2D eigenvalue weighted by Crippen LogP contribution is -2.42. The molecule has 3 amide bonds. The molecule has 0 unspecified atom stereocenters. The normalized spacial score (nSPS) is 16.4. The molecule has 0 bridgehead atoms. The molecule has 2 aromatic rings. The number of likely N-dealkylation sites (tertiary alicyclic amines) is 1. The van der Waals surface area contributed by atoms with E-state index >= 15 is 0 Å². The number of fused-ring (bicyclic) bond motifs is 1. The number of carbonyl (C=O) groups is 4. The van der Waals surface area contributed by atoms with Gasteiger partial charge in [-0.1, -0.05) is 47.5 Å². The largest absolute Gasteiger partial charge is 0.445 e. The van der Waals surface area contributed by atoms with Crippen molar-refractivity contribution in [2.24, 2.45) is 5.92 Å². The summed E-state index contributed by atoms with van der Waals surface area (Å²) in [5.41, 5.74) is 1.32. The van der Waals surface area contributed by atoms with Gasteiger partial charge in [0.2, 0.25) is 0 Å². The molecule has 2 heterocycles. The first-order valence-electron chi connectivity index (χ1n) is 9.70. The van der Waals surface area contributed by atoms with Gasteiger partial charge in [0.15, 0.2) is 0 Å². The summed E-state index contributed by atoms with van der Waals surface area (Å²) < 4.78 is 5.31. The number of benzene rings is 2. The molecule has 1 saturated heterocycles. The number of rotatable bonds is 4. The third-order valence-electron chi connectivity index (χ3n) is 5.23. The Kier molecular flexibility index (Phi) is 5.47. The van der Waals surface area contributed by atoms with Crippen molar-refractivity contribution in [3.63, 3.8) is 0 Å². The molecule has 30 heavy (non-hydrogen) atoms. The monoisotopic (exact) mass is 408 g/mol. The van der Waals surface area contributed by atoms with E-state index in [1.807, 2.05) is 30.3 Å². The van der Waals surface area contributed by atoms with Crippen molar-refractivity contribution in [2.75, 3.05) is 13.1 Å². The van der Waals surface area contributed by atoms with E-state index in [2.05, 4.69) is 0 Å². The van der Waals surface area contributed by atoms with Crippen LogP contribution in [0.15, 0.2) is 54.6 Å². The van der Waals surface area contributed by atoms with E-state index in [1.165, 1.54) is 17.0 Å². The van der Waals surface area contributed by atoms with Crippen molar-refractivity contribution < 1.29 is 28.8 Å². The van der Waals surface area contributed by atoms with Crippen LogP contribution in [0.3, 0.4) is 0 Å². The van der Waals surface area contributed by atoms with Gasteiger partial charge in [-0.2, -0.15) is 0 Å². The number of amides is 3. The zero-order valence-electron chi connectivity index (χ0n) is 16.2. The Bertz CT molecular complexity index is 947. The van der Waals surface area contributed by atoms with Gasteiger partial charge in [0, 0.05) is 13.1 Å². The predicted octanol–water partition coefficient (Wildman–Crippen LogP) is 2.79. The first kappa shape index (κ1) is 19.6. The number of hydrogen-bond donors (Lipinski definition) is 0. The molecule has 154 valence electrons. The van der Waals surface area contributed by atoms with Crippen LogP contribution < -0.4 is 0 Å². The first-order valence-corrected chi connectivity index (χ1v) is 9.70. The summed E-state index contributed by atoms with van der Waals surface area (Å²) in [6.45, 7) is 0.840. The minimum absolute atomic E-state index is 0.182. The van der Waals surface area contributed by atoms with Crippen LogP contribution in [0, 0.1) is 5.92 Å². The Morgan fingerprint density at radius 3 is 2.03 bits per heavy atom. The lowest BCUT2D eigenvalue weighted by atomic mass is 9.97. The van der Waals surface area contributed by atoms with Crippen molar-refractivity contribution in [2.45, 2.75) is 19.4 Å². The molecular weight excluding hydrogens is 388 g/mol. The highest BCUT2D eigenvalue weighted by Crippen LogP contribution is 2.25. The molecule has 1 fully saturated rings. The van der Waals surface area contributed by atoms with Crippen LogP contribution in [-0.4, -0.2) is 46.9 Å². The van der Waals surface area contributed by atoms with Gasteiger partial charge in [0.25, 0.3) is 11.8 Å². The van der Waals surface area contributed by atoms with Gasteiger partial charge in [-0.15, -0.1) is 0 Å². The van der Waals surface area contributed by atoms with Crippen LogP contribution in [0.2, 0.25) is 0 Å². The standard InChI is InChI=1S/C22H20N2O6/c25-19-17-8-4-5-9-18(17)20(26)24(19)30-21(27)16-10-12-23(13-11-16)22(28)29-14-15-6-2-1-3-7-15/h1-9,16H,10-14H2. The molecule has 8 nitrogen and oxygen atoms in total. The molecule has 2 aliphatic heterocycles. The maximum Gasteiger partial charge on any atom is 0.410 e. The molecule has 0 spiro atoms. The number of ether oxygens (including phenoxy) is 1. The lowest BCUT2D eigenvalue weighted by Gasteiger charge is -2.30. The van der Waals surface area contributed by atoms with Crippen molar-refractivity contribution >= 4 is 23.9 Å². The third-order valence-corrected chi connectivity index (χ3v) is 5.23. The summed E-state index contributed by atoms with van der Waals surface area (Å²) in [6.07, 6.45) is 0.288. The second-order valence-electron chi connectivity index (χ2n) is 7.16. The highest BCUT2D eigenvalue weighted by atomic mass is 16.7. The molecule has 2 aromatic carbocycles. The lowest BCUT2D eigenvalue weighted by molar-refractivity contribution is -0.175. The average Bonchev–Trinajstić information content (AvgIpc) is 3.03. The number of hydrogen-bond acceptors (Lipinski definition) is 6. The fraction of sp³-hybridized carbons (Fsp3) is 0.273. The fourth-order valence-electron chi connectivity index (χ4n) is 3.52. The molecule has 0 radical (unpaired) electrons. The number of piperidine rings is 1. The van der Waals surface area contributed by atoms with E-state index in [4.69, 9.17) is 9.57 Å². The zero-order chi connectivity index (χ0) is 21.1. The van der Waals surface area contributed by atoms with Crippen molar-refractivity contribution in [3.8, 4) is 0 Å². The van der Waals surface area contributed by atoms with Crippen LogP contribution in [0.25, 0.3) is 0 Å². The Morgan fingerprint density at radius 1 is 0.867 bits per heavy atom. The smallest absolute Gasteiger partial charge is 0.410 e. The summed E-state index contributed by atoms with van der Waals surface area (Å²) in [4.78, 5) is 56.0. The highest BCUT2D eigenvalue weighted by Gasteiger charge is 2.40. The minimum Gasteiger partial charge on any atom is -0.445 e. The number of carbonyl (C=O) groups excluding carboxylic acids is 4. The topological polar surface area (TPSA) is 93.2 Å². The van der Waals surface area contributed by atoms with Crippen LogP contribution in [-0.2, 0) is 21.0 Å². The highest BCUT2D eigenvalue weighted by molar-refractivity contribution is 6.20. The molecule has 4 rings (SSSR count). The van der Waals surface area contributed by atoms with E-state index < -0.39 is 29.8 Å². The maximum atomic E-state index is 12.5. The van der Waals surface area contributed by atoms with Gasteiger partial charge in [-0.05, 0) is 30.5 Å². The number of nitrogens with zero attached hydrogens (tertiary/aromatic N) is 2. The Morgan fingerprint density at radius 2 is 1.43 bits per heavy atom. The quantitative estimate of drug-likeness (QED) is 0.723.